The van der Waals surface area contributed by atoms with Gasteiger partial charge in [-0.05, 0) is 37.1 Å². The van der Waals surface area contributed by atoms with Crippen LogP contribution >= 0.6 is 0 Å². The maximum atomic E-state index is 12.8. The van der Waals surface area contributed by atoms with Crippen LogP contribution in [0.1, 0.15) is 23.2 Å². The van der Waals surface area contributed by atoms with E-state index < -0.39 is 0 Å². The van der Waals surface area contributed by atoms with Gasteiger partial charge in [0.05, 0.1) is 0 Å². The molecule has 1 aromatic carbocycles. The van der Waals surface area contributed by atoms with Gasteiger partial charge in [-0.25, -0.2) is 4.39 Å². The first-order chi connectivity index (χ1) is 11.1. The van der Waals surface area contributed by atoms with Gasteiger partial charge in [0, 0.05) is 50.7 Å². The number of nitrogens with zero attached hydrogens (tertiary/aromatic N) is 2. The van der Waals surface area contributed by atoms with Gasteiger partial charge < -0.3 is 10.2 Å². The minimum absolute atomic E-state index is 0.187. The van der Waals surface area contributed by atoms with E-state index in [4.69, 9.17) is 0 Å². The largest absolute Gasteiger partial charge is 0.351 e. The van der Waals surface area contributed by atoms with Crippen molar-refractivity contribution in [1.29, 1.82) is 0 Å². The summed E-state index contributed by atoms with van der Waals surface area (Å²) in [5, 5.41) is 2.84. The normalized spacial score (nSPS) is 18.7. The van der Waals surface area contributed by atoms with Gasteiger partial charge in [0.25, 0.3) is 5.91 Å². The van der Waals surface area contributed by atoms with Gasteiger partial charge in [0.1, 0.15) is 5.82 Å². The van der Waals surface area contributed by atoms with E-state index in [0.717, 1.165) is 45.6 Å². The molecule has 2 fully saturated rings. The average molecular weight is 319 g/mol. The lowest BCUT2D eigenvalue weighted by Gasteiger charge is -2.34. The van der Waals surface area contributed by atoms with E-state index in [9.17, 15) is 14.0 Å². The van der Waals surface area contributed by atoms with Crippen LogP contribution in [0, 0.1) is 11.7 Å². The van der Waals surface area contributed by atoms with Crippen molar-refractivity contribution in [1.82, 2.24) is 15.1 Å². The van der Waals surface area contributed by atoms with Crippen molar-refractivity contribution in [3.05, 3.63) is 35.6 Å². The Bertz CT molecular complexity index is 564. The number of amides is 2. The number of halogens is 1. The van der Waals surface area contributed by atoms with Crippen LogP contribution in [0.5, 0.6) is 0 Å². The molecule has 0 bridgehead atoms. The van der Waals surface area contributed by atoms with Gasteiger partial charge in [0.15, 0.2) is 0 Å². The first-order valence-corrected chi connectivity index (χ1v) is 8.18. The van der Waals surface area contributed by atoms with Crippen LogP contribution in [-0.2, 0) is 4.79 Å². The van der Waals surface area contributed by atoms with Crippen molar-refractivity contribution in [2.24, 2.45) is 5.92 Å². The Balaban J connectivity index is 1.35. The molecule has 0 atom stereocenters. The molecule has 1 saturated carbocycles. The summed E-state index contributed by atoms with van der Waals surface area (Å²) in [7, 11) is 0. The van der Waals surface area contributed by atoms with E-state index in [0.29, 0.717) is 18.0 Å². The zero-order valence-electron chi connectivity index (χ0n) is 13.1. The van der Waals surface area contributed by atoms with Crippen molar-refractivity contribution >= 4 is 11.8 Å². The number of piperazine rings is 1. The standard InChI is InChI=1S/C17H22FN3O2/c18-15-5-3-13(4-6-15)16(22)19-7-8-20-9-11-21(12-10-20)17(23)14-1-2-14/h3-6,14H,1-2,7-12H2,(H,19,22). The van der Waals surface area contributed by atoms with Crippen LogP contribution in [0.3, 0.4) is 0 Å². The molecule has 3 rings (SSSR count). The molecule has 0 unspecified atom stereocenters. The van der Waals surface area contributed by atoms with Gasteiger partial charge in [-0.15, -0.1) is 0 Å². The minimum atomic E-state index is -0.347. The molecule has 5 nitrogen and oxygen atoms in total. The molecular formula is C17H22FN3O2. The third kappa shape index (κ3) is 4.28. The molecule has 1 heterocycles. The van der Waals surface area contributed by atoms with Gasteiger partial charge >= 0.3 is 0 Å². The molecule has 1 N–H and O–H groups in total. The second kappa shape index (κ2) is 7.08. The lowest BCUT2D eigenvalue weighted by atomic mass is 10.2. The van der Waals surface area contributed by atoms with E-state index in [2.05, 4.69) is 10.2 Å². The Morgan fingerprint density at radius 3 is 2.35 bits per heavy atom. The highest BCUT2D eigenvalue weighted by atomic mass is 19.1. The third-order valence-electron chi connectivity index (χ3n) is 4.43. The molecule has 23 heavy (non-hydrogen) atoms. The van der Waals surface area contributed by atoms with Crippen molar-refractivity contribution in [3.8, 4) is 0 Å². The van der Waals surface area contributed by atoms with Crippen LogP contribution in [0.25, 0.3) is 0 Å². The fourth-order valence-corrected chi connectivity index (χ4v) is 2.81. The highest BCUT2D eigenvalue weighted by Gasteiger charge is 2.34. The maximum Gasteiger partial charge on any atom is 0.251 e. The molecule has 6 heteroatoms. The Hall–Kier alpha value is -1.95. The van der Waals surface area contributed by atoms with Gasteiger partial charge in [-0.1, -0.05) is 0 Å². The molecule has 0 radical (unpaired) electrons. The minimum Gasteiger partial charge on any atom is -0.351 e. The van der Waals surface area contributed by atoms with E-state index in [1.165, 1.54) is 24.3 Å². The van der Waals surface area contributed by atoms with Crippen molar-refractivity contribution in [3.63, 3.8) is 0 Å². The number of benzene rings is 1. The molecule has 0 spiro atoms. The molecule has 1 aliphatic carbocycles. The smallest absolute Gasteiger partial charge is 0.251 e. The van der Waals surface area contributed by atoms with Crippen molar-refractivity contribution < 1.29 is 14.0 Å². The summed E-state index contributed by atoms with van der Waals surface area (Å²) in [5.41, 5.74) is 0.464. The Kier molecular flexibility index (Phi) is 4.91. The molecular weight excluding hydrogens is 297 g/mol. The van der Waals surface area contributed by atoms with E-state index in [1.807, 2.05) is 4.90 Å². The summed E-state index contributed by atoms with van der Waals surface area (Å²) in [6.07, 6.45) is 2.10. The number of carbonyl (C=O) groups excluding carboxylic acids is 2. The fourth-order valence-electron chi connectivity index (χ4n) is 2.81. The molecule has 1 aromatic rings. The summed E-state index contributed by atoms with van der Waals surface area (Å²) >= 11 is 0. The van der Waals surface area contributed by atoms with Crippen LogP contribution in [0.15, 0.2) is 24.3 Å². The van der Waals surface area contributed by atoms with E-state index in [1.54, 1.807) is 0 Å². The van der Waals surface area contributed by atoms with Crippen LogP contribution in [0.2, 0.25) is 0 Å². The second-order valence-electron chi connectivity index (χ2n) is 6.20. The molecule has 0 aromatic heterocycles. The predicted molar refractivity (Wildman–Crippen MR) is 84.5 cm³/mol. The van der Waals surface area contributed by atoms with Crippen molar-refractivity contribution in [2.45, 2.75) is 12.8 Å². The number of rotatable bonds is 5. The molecule has 1 aliphatic heterocycles. The zero-order chi connectivity index (χ0) is 16.2. The Labute approximate surface area is 135 Å². The maximum absolute atomic E-state index is 12.8. The summed E-state index contributed by atoms with van der Waals surface area (Å²) in [4.78, 5) is 28.1. The lowest BCUT2D eigenvalue weighted by molar-refractivity contribution is -0.134. The van der Waals surface area contributed by atoms with Gasteiger partial charge in [-0.3, -0.25) is 14.5 Å². The van der Waals surface area contributed by atoms with Crippen LogP contribution in [-0.4, -0.2) is 60.9 Å². The summed E-state index contributed by atoms with van der Waals surface area (Å²) in [6.45, 7) is 4.57. The number of hydrogen-bond donors (Lipinski definition) is 1. The SMILES string of the molecule is O=C(NCCN1CCN(C(=O)C2CC2)CC1)c1ccc(F)cc1. The van der Waals surface area contributed by atoms with Crippen LogP contribution < -0.4 is 5.32 Å². The van der Waals surface area contributed by atoms with Crippen molar-refractivity contribution in [2.75, 3.05) is 39.3 Å². The fraction of sp³-hybridized carbons (Fsp3) is 0.529. The molecule has 124 valence electrons. The Morgan fingerprint density at radius 1 is 1.09 bits per heavy atom. The summed E-state index contributed by atoms with van der Waals surface area (Å²) < 4.78 is 12.8. The molecule has 2 amide bonds. The monoisotopic (exact) mass is 319 g/mol. The first-order valence-electron chi connectivity index (χ1n) is 8.18. The highest BCUT2D eigenvalue weighted by molar-refractivity contribution is 5.94. The second-order valence-corrected chi connectivity index (χ2v) is 6.20. The Morgan fingerprint density at radius 2 is 1.74 bits per heavy atom. The quantitative estimate of drug-likeness (QED) is 0.884. The average Bonchev–Trinajstić information content (AvgIpc) is 3.40. The third-order valence-corrected chi connectivity index (χ3v) is 4.43. The van der Waals surface area contributed by atoms with Gasteiger partial charge in [0.2, 0.25) is 5.91 Å². The summed E-state index contributed by atoms with van der Waals surface area (Å²) in [5.74, 6) is 0.0681. The summed E-state index contributed by atoms with van der Waals surface area (Å²) in [6, 6.07) is 5.52. The van der Waals surface area contributed by atoms with Crippen LogP contribution in [0.4, 0.5) is 4.39 Å². The predicted octanol–water partition coefficient (Wildman–Crippen LogP) is 1.11. The molecule has 2 aliphatic rings. The van der Waals surface area contributed by atoms with E-state index in [-0.39, 0.29) is 17.6 Å². The van der Waals surface area contributed by atoms with E-state index >= 15 is 0 Å². The number of carbonyl (C=O) groups is 2. The van der Waals surface area contributed by atoms with Gasteiger partial charge in [-0.2, -0.15) is 0 Å². The zero-order valence-corrected chi connectivity index (χ0v) is 13.1. The molecule has 1 saturated heterocycles. The number of hydrogen-bond acceptors (Lipinski definition) is 3. The first kappa shape index (κ1) is 15.9. The number of nitrogens with one attached hydrogen (secondary N) is 1. The highest BCUT2D eigenvalue weighted by Crippen LogP contribution is 2.31. The topological polar surface area (TPSA) is 52.7 Å². The lowest BCUT2D eigenvalue weighted by Crippen LogP contribution is -2.50.